The van der Waals surface area contributed by atoms with Gasteiger partial charge in [-0.3, -0.25) is 0 Å². The fourth-order valence-corrected chi connectivity index (χ4v) is 5.33. The molecule has 3 aromatic carbocycles. The van der Waals surface area contributed by atoms with Crippen LogP contribution in [0.3, 0.4) is 0 Å². The number of ether oxygens (including phenoxy) is 3. The van der Waals surface area contributed by atoms with Crippen molar-refractivity contribution in [1.82, 2.24) is 4.83 Å². The smallest absolute Gasteiger partial charge is 0.276 e. The van der Waals surface area contributed by atoms with Crippen molar-refractivity contribution in [2.24, 2.45) is 5.10 Å². The summed E-state index contributed by atoms with van der Waals surface area (Å²) in [7, 11) is -0.894. The van der Waals surface area contributed by atoms with Gasteiger partial charge in [0.2, 0.25) is 0 Å². The minimum atomic E-state index is -3.88. The van der Waals surface area contributed by atoms with Gasteiger partial charge in [-0.1, -0.05) is 29.3 Å². The molecule has 0 spiro atoms. The summed E-state index contributed by atoms with van der Waals surface area (Å²) in [6, 6.07) is 12.9. The van der Waals surface area contributed by atoms with Crippen molar-refractivity contribution in [1.29, 1.82) is 0 Å². The molecule has 0 saturated carbocycles. The van der Waals surface area contributed by atoms with Crippen LogP contribution in [-0.4, -0.2) is 28.9 Å². The summed E-state index contributed by atoms with van der Waals surface area (Å²) >= 11 is 18.9. The summed E-state index contributed by atoms with van der Waals surface area (Å²) in [4.78, 5) is 2.21. The van der Waals surface area contributed by atoms with Gasteiger partial charge in [0.25, 0.3) is 10.0 Å². The number of benzene rings is 3. The highest BCUT2D eigenvalue weighted by Gasteiger charge is 2.16. The zero-order valence-corrected chi connectivity index (χ0v) is 23.3. The van der Waals surface area contributed by atoms with E-state index in [0.717, 1.165) is 5.56 Å². The Morgan fingerprint density at radius 3 is 2.35 bits per heavy atom. The maximum Gasteiger partial charge on any atom is 0.276 e. The van der Waals surface area contributed by atoms with Crippen LogP contribution in [0.4, 0.5) is 0 Å². The van der Waals surface area contributed by atoms with Crippen LogP contribution in [0.5, 0.6) is 17.2 Å². The Bertz CT molecular complexity index is 1340. The molecular formula is C22H18Br2Cl2N2O5S. The van der Waals surface area contributed by atoms with Crippen LogP contribution in [0.15, 0.2) is 67.5 Å². The van der Waals surface area contributed by atoms with Gasteiger partial charge in [-0.2, -0.15) is 13.5 Å². The molecule has 0 aliphatic heterocycles. The molecule has 3 aromatic rings. The summed E-state index contributed by atoms with van der Waals surface area (Å²) in [5, 5.41) is 4.89. The van der Waals surface area contributed by atoms with Gasteiger partial charge in [0.05, 0.1) is 34.3 Å². The third-order valence-corrected chi connectivity index (χ3v) is 7.47. The number of rotatable bonds is 9. The first-order valence-corrected chi connectivity index (χ1v) is 13.3. The summed E-state index contributed by atoms with van der Waals surface area (Å²) in [5.74, 6) is 1.39. The molecule has 0 atom stereocenters. The van der Waals surface area contributed by atoms with Crippen molar-refractivity contribution in [2.75, 3.05) is 14.2 Å². The van der Waals surface area contributed by atoms with Gasteiger partial charge < -0.3 is 14.2 Å². The molecular weight excluding hydrogens is 635 g/mol. The molecule has 34 heavy (non-hydrogen) atoms. The molecule has 3 rings (SSSR count). The maximum atomic E-state index is 12.5. The van der Waals surface area contributed by atoms with Crippen LogP contribution in [0.25, 0.3) is 0 Å². The van der Waals surface area contributed by atoms with Crippen molar-refractivity contribution >= 4 is 71.3 Å². The predicted octanol–water partition coefficient (Wildman–Crippen LogP) is 6.43. The Morgan fingerprint density at radius 1 is 0.971 bits per heavy atom. The summed E-state index contributed by atoms with van der Waals surface area (Å²) < 4.78 is 42.6. The van der Waals surface area contributed by atoms with E-state index in [1.54, 1.807) is 36.4 Å². The van der Waals surface area contributed by atoms with E-state index in [-0.39, 0.29) is 11.5 Å². The lowest BCUT2D eigenvalue weighted by Crippen LogP contribution is -2.18. The Labute approximate surface area is 224 Å². The van der Waals surface area contributed by atoms with Gasteiger partial charge >= 0.3 is 0 Å². The van der Waals surface area contributed by atoms with Gasteiger partial charge in [-0.25, -0.2) is 4.83 Å². The molecule has 1 N–H and O–H groups in total. The largest absolute Gasteiger partial charge is 0.496 e. The van der Waals surface area contributed by atoms with Gasteiger partial charge in [-0.05, 0) is 79.9 Å². The number of hydrogen-bond donors (Lipinski definition) is 1. The highest BCUT2D eigenvalue weighted by Crippen LogP contribution is 2.37. The van der Waals surface area contributed by atoms with Crippen molar-refractivity contribution in [2.45, 2.75) is 11.5 Å². The van der Waals surface area contributed by atoms with Crippen LogP contribution in [-0.2, 0) is 16.6 Å². The Hall–Kier alpha value is -1.98. The SMILES string of the molecule is COc1ccc(S(=O)(=O)N/N=C\c2cc(Br)c(OCc3ccc(Cl)cc3Cl)c(OC)c2)cc1Br. The van der Waals surface area contributed by atoms with Crippen LogP contribution in [0, 0.1) is 0 Å². The van der Waals surface area contributed by atoms with E-state index in [0.29, 0.717) is 41.8 Å². The Morgan fingerprint density at radius 2 is 1.71 bits per heavy atom. The third kappa shape index (κ3) is 6.57. The number of halogens is 4. The number of sulfonamides is 1. The van der Waals surface area contributed by atoms with E-state index in [9.17, 15) is 8.42 Å². The number of hydrazone groups is 1. The van der Waals surface area contributed by atoms with E-state index >= 15 is 0 Å². The van der Waals surface area contributed by atoms with E-state index in [1.165, 1.54) is 32.6 Å². The molecule has 0 aliphatic carbocycles. The van der Waals surface area contributed by atoms with Crippen LogP contribution >= 0.6 is 55.1 Å². The first kappa shape index (κ1) is 26.6. The average Bonchev–Trinajstić information content (AvgIpc) is 2.79. The normalized spacial score (nSPS) is 11.5. The van der Waals surface area contributed by atoms with Gasteiger partial charge in [0, 0.05) is 15.6 Å². The molecule has 0 aliphatic rings. The molecule has 0 amide bonds. The molecule has 0 bridgehead atoms. The second-order valence-electron chi connectivity index (χ2n) is 6.71. The van der Waals surface area contributed by atoms with Crippen molar-refractivity contribution < 1.29 is 22.6 Å². The summed E-state index contributed by atoms with van der Waals surface area (Å²) in [6.07, 6.45) is 1.35. The molecule has 0 heterocycles. The molecule has 0 saturated heterocycles. The second kappa shape index (κ2) is 11.6. The average molecular weight is 653 g/mol. The number of nitrogens with zero attached hydrogens (tertiary/aromatic N) is 1. The summed E-state index contributed by atoms with van der Waals surface area (Å²) in [5.41, 5.74) is 1.32. The lowest BCUT2D eigenvalue weighted by molar-refractivity contribution is 0.282. The Balaban J connectivity index is 1.75. The van der Waals surface area contributed by atoms with Crippen molar-refractivity contribution in [3.63, 3.8) is 0 Å². The van der Waals surface area contributed by atoms with Gasteiger partial charge in [-0.15, -0.1) is 0 Å². The number of methoxy groups -OCH3 is 2. The van der Waals surface area contributed by atoms with Crippen LogP contribution in [0.2, 0.25) is 10.0 Å². The molecule has 0 fully saturated rings. The van der Waals surface area contributed by atoms with Gasteiger partial charge in [0.15, 0.2) is 11.5 Å². The molecule has 7 nitrogen and oxygen atoms in total. The van der Waals surface area contributed by atoms with Crippen molar-refractivity contribution in [3.8, 4) is 17.2 Å². The van der Waals surface area contributed by atoms with E-state index in [1.807, 2.05) is 0 Å². The second-order valence-corrected chi connectivity index (χ2v) is 10.9. The molecule has 12 heteroatoms. The molecule has 0 unspecified atom stereocenters. The zero-order valence-electron chi connectivity index (χ0n) is 17.8. The highest BCUT2D eigenvalue weighted by atomic mass is 79.9. The fourth-order valence-electron chi connectivity index (χ4n) is 2.78. The Kier molecular flexibility index (Phi) is 9.11. The van der Waals surface area contributed by atoms with Crippen molar-refractivity contribution in [3.05, 3.63) is 78.6 Å². The fraction of sp³-hybridized carbons (Fsp3) is 0.136. The van der Waals surface area contributed by atoms with Crippen LogP contribution < -0.4 is 19.0 Å². The third-order valence-electron chi connectivity index (χ3n) is 4.46. The molecule has 0 aromatic heterocycles. The minimum absolute atomic E-state index is 0.0284. The standard InChI is InChI=1S/C22H18Br2Cl2N2O5S/c1-31-20-6-5-16(10-17(20)23)34(29,30)28-27-11-13-7-18(24)22(21(8-13)32-2)33-12-14-3-4-15(25)9-19(14)26/h3-11,28H,12H2,1-2H3/b27-11-. The summed E-state index contributed by atoms with van der Waals surface area (Å²) in [6.45, 7) is 0.190. The first-order chi connectivity index (χ1) is 16.1. The lowest BCUT2D eigenvalue weighted by atomic mass is 10.2. The first-order valence-electron chi connectivity index (χ1n) is 9.47. The number of nitrogens with one attached hydrogen (secondary N) is 1. The molecule has 180 valence electrons. The number of hydrogen-bond acceptors (Lipinski definition) is 6. The molecule has 0 radical (unpaired) electrons. The van der Waals surface area contributed by atoms with E-state index < -0.39 is 10.0 Å². The topological polar surface area (TPSA) is 86.2 Å². The quantitative estimate of drug-likeness (QED) is 0.213. The van der Waals surface area contributed by atoms with E-state index in [4.69, 9.17) is 37.4 Å². The van der Waals surface area contributed by atoms with Gasteiger partial charge in [0.1, 0.15) is 12.4 Å². The zero-order chi connectivity index (χ0) is 24.9. The minimum Gasteiger partial charge on any atom is -0.496 e. The lowest BCUT2D eigenvalue weighted by Gasteiger charge is -2.14. The van der Waals surface area contributed by atoms with Crippen LogP contribution in [0.1, 0.15) is 11.1 Å². The predicted molar refractivity (Wildman–Crippen MR) is 140 cm³/mol. The van der Waals surface area contributed by atoms with E-state index in [2.05, 4.69) is 41.8 Å². The highest BCUT2D eigenvalue weighted by molar-refractivity contribution is 9.11. The monoisotopic (exact) mass is 650 g/mol. The maximum absolute atomic E-state index is 12.5.